The summed E-state index contributed by atoms with van der Waals surface area (Å²) in [6, 6.07) is 5.25. The fourth-order valence-corrected chi connectivity index (χ4v) is 3.70. The van der Waals surface area contributed by atoms with Crippen LogP contribution in [0, 0.1) is 28.4 Å². The second-order valence-electron chi connectivity index (χ2n) is 6.97. The lowest BCUT2D eigenvalue weighted by Gasteiger charge is -2.31. The van der Waals surface area contributed by atoms with Crippen molar-refractivity contribution >= 4 is 11.4 Å². The molecule has 1 aromatic carbocycles. The quantitative estimate of drug-likeness (QED) is 0.597. The summed E-state index contributed by atoms with van der Waals surface area (Å²) < 4.78 is 0. The van der Waals surface area contributed by atoms with Gasteiger partial charge < -0.3 is 5.32 Å². The Morgan fingerprint density at radius 2 is 1.95 bits per heavy atom. The highest BCUT2D eigenvalue weighted by Crippen LogP contribution is 2.43. The predicted molar refractivity (Wildman–Crippen MR) is 86.7 cm³/mol. The summed E-state index contributed by atoms with van der Waals surface area (Å²) in [7, 11) is 0. The molecule has 21 heavy (non-hydrogen) atoms. The SMILES string of the molecule is Cc1cc(NCC2(CC(C)C)CCCC2)cc([N+](=O)[O-])c1. The standard InChI is InChI=1S/C17H26N2O2/c1-13(2)11-17(6-4-5-7-17)12-18-15-8-14(3)9-16(10-15)19(20)21/h8-10,13,18H,4-7,11-12H2,1-3H3. The number of nitro groups is 1. The summed E-state index contributed by atoms with van der Waals surface area (Å²) in [6.45, 7) is 7.37. The third-order valence-corrected chi connectivity index (χ3v) is 4.45. The van der Waals surface area contributed by atoms with Gasteiger partial charge in [0.15, 0.2) is 0 Å². The number of hydrogen-bond acceptors (Lipinski definition) is 3. The highest BCUT2D eigenvalue weighted by Gasteiger charge is 2.34. The maximum absolute atomic E-state index is 11.0. The fourth-order valence-electron chi connectivity index (χ4n) is 3.70. The molecule has 1 aliphatic rings. The van der Waals surface area contributed by atoms with Crippen LogP contribution in [0.25, 0.3) is 0 Å². The van der Waals surface area contributed by atoms with Gasteiger partial charge in [0, 0.05) is 24.4 Å². The molecule has 4 nitrogen and oxygen atoms in total. The van der Waals surface area contributed by atoms with E-state index in [1.807, 2.05) is 13.0 Å². The molecule has 0 saturated heterocycles. The summed E-state index contributed by atoms with van der Waals surface area (Å²) in [6.07, 6.45) is 6.39. The van der Waals surface area contributed by atoms with Crippen LogP contribution in [0.3, 0.4) is 0 Å². The Labute approximate surface area is 127 Å². The highest BCUT2D eigenvalue weighted by molar-refractivity contribution is 5.53. The maximum Gasteiger partial charge on any atom is 0.271 e. The van der Waals surface area contributed by atoms with E-state index in [4.69, 9.17) is 0 Å². The molecule has 1 N–H and O–H groups in total. The van der Waals surface area contributed by atoms with Gasteiger partial charge in [0.1, 0.15) is 0 Å². The smallest absolute Gasteiger partial charge is 0.271 e. The van der Waals surface area contributed by atoms with Crippen molar-refractivity contribution in [1.82, 2.24) is 0 Å². The van der Waals surface area contributed by atoms with Gasteiger partial charge in [-0.1, -0.05) is 26.7 Å². The first-order valence-corrected chi connectivity index (χ1v) is 7.90. The van der Waals surface area contributed by atoms with Gasteiger partial charge in [0.2, 0.25) is 0 Å². The predicted octanol–water partition coefficient (Wildman–Crippen LogP) is 4.92. The molecule has 1 saturated carbocycles. The summed E-state index contributed by atoms with van der Waals surface area (Å²) >= 11 is 0. The number of nitrogens with one attached hydrogen (secondary N) is 1. The Kier molecular flexibility index (Phi) is 4.86. The first-order valence-electron chi connectivity index (χ1n) is 7.90. The number of hydrogen-bond donors (Lipinski definition) is 1. The summed E-state index contributed by atoms with van der Waals surface area (Å²) in [5.74, 6) is 0.691. The number of anilines is 1. The number of aryl methyl sites for hydroxylation is 1. The monoisotopic (exact) mass is 290 g/mol. The lowest BCUT2D eigenvalue weighted by molar-refractivity contribution is -0.384. The second kappa shape index (κ2) is 6.46. The van der Waals surface area contributed by atoms with Crippen LogP contribution in [-0.4, -0.2) is 11.5 Å². The van der Waals surface area contributed by atoms with Crippen LogP contribution in [0.1, 0.15) is 51.5 Å². The van der Waals surface area contributed by atoms with Crippen LogP contribution >= 0.6 is 0 Å². The summed E-state index contributed by atoms with van der Waals surface area (Å²) in [5, 5.41) is 14.4. The minimum absolute atomic E-state index is 0.168. The Hall–Kier alpha value is -1.58. The van der Waals surface area contributed by atoms with E-state index in [2.05, 4.69) is 19.2 Å². The van der Waals surface area contributed by atoms with E-state index in [1.165, 1.54) is 32.1 Å². The summed E-state index contributed by atoms with van der Waals surface area (Å²) in [4.78, 5) is 10.6. The molecule has 0 aliphatic heterocycles. The molecule has 0 spiro atoms. The maximum atomic E-state index is 11.0. The third kappa shape index (κ3) is 4.19. The zero-order valence-electron chi connectivity index (χ0n) is 13.3. The van der Waals surface area contributed by atoms with Gasteiger partial charge in [-0.2, -0.15) is 0 Å². The largest absolute Gasteiger partial charge is 0.384 e. The molecule has 1 aliphatic carbocycles. The first-order chi connectivity index (χ1) is 9.90. The third-order valence-electron chi connectivity index (χ3n) is 4.45. The Bertz CT molecular complexity index is 506. The van der Waals surface area contributed by atoms with Gasteiger partial charge in [0.25, 0.3) is 5.69 Å². The van der Waals surface area contributed by atoms with Gasteiger partial charge in [-0.25, -0.2) is 0 Å². The molecule has 0 atom stereocenters. The van der Waals surface area contributed by atoms with Crippen molar-refractivity contribution in [2.24, 2.45) is 11.3 Å². The van der Waals surface area contributed by atoms with Gasteiger partial charge >= 0.3 is 0 Å². The lowest BCUT2D eigenvalue weighted by Crippen LogP contribution is -2.28. The van der Waals surface area contributed by atoms with Crippen molar-refractivity contribution in [2.45, 2.75) is 52.9 Å². The normalized spacial score (nSPS) is 17.1. The average Bonchev–Trinajstić information content (AvgIpc) is 2.84. The van der Waals surface area contributed by atoms with Gasteiger partial charge in [-0.15, -0.1) is 0 Å². The van der Waals surface area contributed by atoms with Crippen LogP contribution in [-0.2, 0) is 0 Å². The number of nitrogens with zero attached hydrogens (tertiary/aromatic N) is 1. The van der Waals surface area contributed by atoms with E-state index >= 15 is 0 Å². The average molecular weight is 290 g/mol. The van der Waals surface area contributed by atoms with Gasteiger partial charge in [-0.3, -0.25) is 10.1 Å². The molecule has 0 aromatic heterocycles. The van der Waals surface area contributed by atoms with E-state index in [0.717, 1.165) is 17.8 Å². The molecule has 0 radical (unpaired) electrons. The van der Waals surface area contributed by atoms with Crippen LogP contribution in [0.15, 0.2) is 18.2 Å². The minimum Gasteiger partial charge on any atom is -0.384 e. The van der Waals surface area contributed by atoms with E-state index < -0.39 is 0 Å². The molecule has 0 bridgehead atoms. The Morgan fingerprint density at radius 3 is 2.52 bits per heavy atom. The highest BCUT2D eigenvalue weighted by atomic mass is 16.6. The van der Waals surface area contributed by atoms with Crippen molar-refractivity contribution in [3.05, 3.63) is 33.9 Å². The second-order valence-corrected chi connectivity index (χ2v) is 6.97. The van der Waals surface area contributed by atoms with Crippen molar-refractivity contribution < 1.29 is 4.92 Å². The number of rotatable bonds is 6. The van der Waals surface area contributed by atoms with E-state index in [9.17, 15) is 10.1 Å². The molecular weight excluding hydrogens is 264 g/mol. The topological polar surface area (TPSA) is 55.2 Å². The molecule has 0 unspecified atom stereocenters. The molecule has 1 aromatic rings. The van der Waals surface area contributed by atoms with Crippen molar-refractivity contribution in [3.8, 4) is 0 Å². The zero-order valence-corrected chi connectivity index (χ0v) is 13.3. The molecule has 0 heterocycles. The molecule has 0 amide bonds. The van der Waals surface area contributed by atoms with Crippen LogP contribution in [0.5, 0.6) is 0 Å². The Balaban J connectivity index is 2.09. The van der Waals surface area contributed by atoms with Crippen LogP contribution in [0.4, 0.5) is 11.4 Å². The van der Waals surface area contributed by atoms with Gasteiger partial charge in [0.05, 0.1) is 4.92 Å². The van der Waals surface area contributed by atoms with Crippen molar-refractivity contribution in [1.29, 1.82) is 0 Å². The molecule has 2 rings (SSSR count). The van der Waals surface area contributed by atoms with Crippen molar-refractivity contribution in [2.75, 3.05) is 11.9 Å². The van der Waals surface area contributed by atoms with Crippen molar-refractivity contribution in [3.63, 3.8) is 0 Å². The zero-order chi connectivity index (χ0) is 15.5. The lowest BCUT2D eigenvalue weighted by atomic mass is 9.78. The van der Waals surface area contributed by atoms with E-state index in [-0.39, 0.29) is 10.6 Å². The van der Waals surface area contributed by atoms with E-state index in [0.29, 0.717) is 11.3 Å². The molecule has 4 heteroatoms. The fraction of sp³-hybridized carbons (Fsp3) is 0.647. The number of non-ortho nitro benzene ring substituents is 1. The molecular formula is C17H26N2O2. The van der Waals surface area contributed by atoms with Crippen LogP contribution < -0.4 is 5.32 Å². The molecule has 1 fully saturated rings. The minimum atomic E-state index is -0.322. The van der Waals surface area contributed by atoms with E-state index in [1.54, 1.807) is 12.1 Å². The Morgan fingerprint density at radius 1 is 1.29 bits per heavy atom. The number of benzene rings is 1. The molecule has 116 valence electrons. The van der Waals surface area contributed by atoms with Gasteiger partial charge in [-0.05, 0) is 49.1 Å². The van der Waals surface area contributed by atoms with Crippen LogP contribution in [0.2, 0.25) is 0 Å². The summed E-state index contributed by atoms with van der Waals surface area (Å²) in [5.41, 5.74) is 2.33. The first kappa shape index (κ1) is 15.8. The number of nitro benzene ring substituents is 1.